The molecule has 1 aromatic carbocycles. The van der Waals surface area contributed by atoms with Crippen LogP contribution in [-0.4, -0.2) is 37.6 Å². The number of rotatable bonds is 8. The summed E-state index contributed by atoms with van der Waals surface area (Å²) in [6.45, 7) is 5.36. The SMILES string of the molecule is CCNC(=O)c1ccc([N+](=O)[O-])c(NCC(C)COC)c1. The third kappa shape index (κ3) is 5.03. The van der Waals surface area contributed by atoms with Gasteiger partial charge in [0.1, 0.15) is 5.69 Å². The van der Waals surface area contributed by atoms with Crippen molar-refractivity contribution in [2.24, 2.45) is 5.92 Å². The minimum Gasteiger partial charge on any atom is -0.384 e. The van der Waals surface area contributed by atoms with Crippen molar-refractivity contribution in [2.75, 3.05) is 32.1 Å². The Bertz CT molecular complexity index is 505. The zero-order chi connectivity index (χ0) is 15.8. The molecule has 0 aliphatic rings. The molecule has 0 radical (unpaired) electrons. The number of hydrogen-bond donors (Lipinski definition) is 2. The van der Waals surface area contributed by atoms with Crippen LogP contribution in [0.5, 0.6) is 0 Å². The lowest BCUT2D eigenvalue weighted by molar-refractivity contribution is -0.384. The van der Waals surface area contributed by atoms with E-state index in [2.05, 4.69) is 10.6 Å². The molecule has 0 aliphatic heterocycles. The van der Waals surface area contributed by atoms with E-state index in [4.69, 9.17) is 4.74 Å². The smallest absolute Gasteiger partial charge is 0.292 e. The van der Waals surface area contributed by atoms with E-state index in [1.165, 1.54) is 18.2 Å². The zero-order valence-corrected chi connectivity index (χ0v) is 12.5. The monoisotopic (exact) mass is 295 g/mol. The van der Waals surface area contributed by atoms with Gasteiger partial charge in [-0.25, -0.2) is 0 Å². The highest BCUT2D eigenvalue weighted by Gasteiger charge is 2.17. The first kappa shape index (κ1) is 16.9. The molecular formula is C14H21N3O4. The number of nitrogens with zero attached hydrogens (tertiary/aromatic N) is 1. The van der Waals surface area contributed by atoms with Crippen molar-refractivity contribution in [2.45, 2.75) is 13.8 Å². The minimum absolute atomic E-state index is 0.0485. The number of amides is 1. The van der Waals surface area contributed by atoms with Gasteiger partial charge in [-0.15, -0.1) is 0 Å². The van der Waals surface area contributed by atoms with Crippen molar-refractivity contribution < 1.29 is 14.5 Å². The minimum atomic E-state index is -0.467. The molecule has 0 heterocycles. The predicted molar refractivity (Wildman–Crippen MR) is 80.6 cm³/mol. The number of methoxy groups -OCH3 is 1. The van der Waals surface area contributed by atoms with Crippen molar-refractivity contribution in [1.29, 1.82) is 0 Å². The Labute approximate surface area is 123 Å². The van der Waals surface area contributed by atoms with E-state index in [1.807, 2.05) is 13.8 Å². The van der Waals surface area contributed by atoms with E-state index >= 15 is 0 Å². The lowest BCUT2D eigenvalue weighted by Crippen LogP contribution is -2.23. The van der Waals surface area contributed by atoms with E-state index in [9.17, 15) is 14.9 Å². The van der Waals surface area contributed by atoms with Gasteiger partial charge in [0.15, 0.2) is 0 Å². The van der Waals surface area contributed by atoms with E-state index < -0.39 is 4.92 Å². The molecule has 0 saturated heterocycles. The fourth-order valence-corrected chi connectivity index (χ4v) is 1.87. The highest BCUT2D eigenvalue weighted by molar-refractivity contribution is 5.95. The van der Waals surface area contributed by atoms with Crippen LogP contribution in [0.1, 0.15) is 24.2 Å². The summed E-state index contributed by atoms with van der Waals surface area (Å²) in [4.78, 5) is 22.4. The number of hydrogen-bond acceptors (Lipinski definition) is 5. The van der Waals surface area contributed by atoms with Gasteiger partial charge in [0.25, 0.3) is 11.6 Å². The molecule has 0 spiro atoms. The molecule has 1 unspecified atom stereocenters. The summed E-state index contributed by atoms with van der Waals surface area (Å²) in [5.41, 5.74) is 0.684. The molecule has 116 valence electrons. The fourth-order valence-electron chi connectivity index (χ4n) is 1.87. The van der Waals surface area contributed by atoms with Crippen molar-refractivity contribution in [3.8, 4) is 0 Å². The Morgan fingerprint density at radius 2 is 2.19 bits per heavy atom. The number of ether oxygens (including phenoxy) is 1. The van der Waals surface area contributed by atoms with Crippen LogP contribution in [0.3, 0.4) is 0 Å². The van der Waals surface area contributed by atoms with Gasteiger partial charge in [-0.1, -0.05) is 6.92 Å². The number of anilines is 1. The Kier molecular flexibility index (Phi) is 6.61. The van der Waals surface area contributed by atoms with Gasteiger partial charge in [-0.05, 0) is 25.0 Å². The second-order valence-corrected chi connectivity index (χ2v) is 4.79. The fraction of sp³-hybridized carbons (Fsp3) is 0.500. The summed E-state index contributed by atoms with van der Waals surface area (Å²) >= 11 is 0. The highest BCUT2D eigenvalue weighted by atomic mass is 16.6. The van der Waals surface area contributed by atoms with Crippen LogP contribution in [-0.2, 0) is 4.74 Å². The van der Waals surface area contributed by atoms with Gasteiger partial charge < -0.3 is 15.4 Å². The van der Waals surface area contributed by atoms with Crippen LogP contribution < -0.4 is 10.6 Å². The van der Waals surface area contributed by atoms with Crippen molar-refractivity contribution in [1.82, 2.24) is 5.32 Å². The molecule has 2 N–H and O–H groups in total. The quantitative estimate of drug-likeness (QED) is 0.565. The number of benzene rings is 1. The van der Waals surface area contributed by atoms with Gasteiger partial charge >= 0.3 is 0 Å². The first-order valence-corrected chi connectivity index (χ1v) is 6.79. The standard InChI is InChI=1S/C14H21N3O4/c1-4-15-14(18)11-5-6-13(17(19)20)12(7-11)16-8-10(2)9-21-3/h5-7,10,16H,4,8-9H2,1-3H3,(H,15,18). The van der Waals surface area contributed by atoms with Crippen molar-refractivity contribution >= 4 is 17.3 Å². The first-order valence-electron chi connectivity index (χ1n) is 6.79. The summed E-state index contributed by atoms with van der Waals surface area (Å²) in [5.74, 6) is -0.0527. The lowest BCUT2D eigenvalue weighted by atomic mass is 10.1. The molecule has 0 aliphatic carbocycles. The van der Waals surface area contributed by atoms with Crippen molar-refractivity contribution in [3.05, 3.63) is 33.9 Å². The van der Waals surface area contributed by atoms with Crippen LogP contribution in [0.4, 0.5) is 11.4 Å². The molecule has 0 fully saturated rings. The Morgan fingerprint density at radius 1 is 1.48 bits per heavy atom. The predicted octanol–water partition coefficient (Wildman–Crippen LogP) is 2.04. The van der Waals surface area contributed by atoms with Gasteiger partial charge in [-0.3, -0.25) is 14.9 Å². The number of nitro benzene ring substituents is 1. The summed E-state index contributed by atoms with van der Waals surface area (Å²) in [6.07, 6.45) is 0. The molecule has 0 aromatic heterocycles. The third-order valence-electron chi connectivity index (χ3n) is 2.88. The molecule has 7 heteroatoms. The van der Waals surface area contributed by atoms with Crippen LogP contribution >= 0.6 is 0 Å². The normalized spacial score (nSPS) is 11.8. The molecule has 1 amide bonds. The topological polar surface area (TPSA) is 93.5 Å². The molecule has 1 aromatic rings. The molecular weight excluding hydrogens is 274 g/mol. The maximum atomic E-state index is 11.8. The third-order valence-corrected chi connectivity index (χ3v) is 2.88. The van der Waals surface area contributed by atoms with E-state index in [0.29, 0.717) is 30.9 Å². The molecule has 1 rings (SSSR count). The second-order valence-electron chi connectivity index (χ2n) is 4.79. The maximum Gasteiger partial charge on any atom is 0.292 e. The molecule has 7 nitrogen and oxygen atoms in total. The van der Waals surface area contributed by atoms with E-state index in [0.717, 1.165) is 0 Å². The lowest BCUT2D eigenvalue weighted by Gasteiger charge is -2.13. The summed E-state index contributed by atoms with van der Waals surface area (Å²) in [6, 6.07) is 4.30. The van der Waals surface area contributed by atoms with Crippen molar-refractivity contribution in [3.63, 3.8) is 0 Å². The summed E-state index contributed by atoms with van der Waals surface area (Å²) in [7, 11) is 1.61. The Hall–Kier alpha value is -2.15. The Balaban J connectivity index is 2.93. The van der Waals surface area contributed by atoms with Gasteiger partial charge in [0, 0.05) is 31.8 Å². The largest absolute Gasteiger partial charge is 0.384 e. The molecule has 0 saturated carbocycles. The first-order chi connectivity index (χ1) is 9.99. The Morgan fingerprint density at radius 3 is 2.76 bits per heavy atom. The number of nitrogens with one attached hydrogen (secondary N) is 2. The zero-order valence-electron chi connectivity index (χ0n) is 12.5. The maximum absolute atomic E-state index is 11.8. The molecule has 1 atom stereocenters. The van der Waals surface area contributed by atoms with Crippen LogP contribution in [0.2, 0.25) is 0 Å². The van der Waals surface area contributed by atoms with E-state index in [-0.39, 0.29) is 17.5 Å². The van der Waals surface area contributed by atoms with Gasteiger partial charge in [-0.2, -0.15) is 0 Å². The number of nitro groups is 1. The molecule has 0 bridgehead atoms. The van der Waals surface area contributed by atoms with Gasteiger partial charge in [0.05, 0.1) is 11.5 Å². The van der Waals surface area contributed by atoms with Crippen LogP contribution in [0, 0.1) is 16.0 Å². The average molecular weight is 295 g/mol. The average Bonchev–Trinajstić information content (AvgIpc) is 2.45. The van der Waals surface area contributed by atoms with Gasteiger partial charge in [0.2, 0.25) is 0 Å². The summed E-state index contributed by atoms with van der Waals surface area (Å²) < 4.78 is 5.03. The van der Waals surface area contributed by atoms with Crippen LogP contribution in [0.15, 0.2) is 18.2 Å². The van der Waals surface area contributed by atoms with E-state index in [1.54, 1.807) is 7.11 Å². The number of carbonyl (C=O) groups excluding carboxylic acids is 1. The summed E-state index contributed by atoms with van der Waals surface area (Å²) in [5, 5.41) is 16.7. The molecule has 21 heavy (non-hydrogen) atoms. The second kappa shape index (κ2) is 8.21. The highest BCUT2D eigenvalue weighted by Crippen LogP contribution is 2.25. The van der Waals surface area contributed by atoms with Crippen LogP contribution in [0.25, 0.3) is 0 Å². The number of carbonyl (C=O) groups is 1.